The van der Waals surface area contributed by atoms with E-state index in [4.69, 9.17) is 0 Å². The van der Waals surface area contributed by atoms with Gasteiger partial charge in [-0.1, -0.05) is 36.4 Å². The summed E-state index contributed by atoms with van der Waals surface area (Å²) in [6, 6.07) is 8.28. The molecule has 0 aliphatic heterocycles. The summed E-state index contributed by atoms with van der Waals surface area (Å²) in [5.74, 6) is -0.0465. The van der Waals surface area contributed by atoms with Crippen LogP contribution in [0.4, 0.5) is 0 Å². The van der Waals surface area contributed by atoms with Gasteiger partial charge in [0.2, 0.25) is 5.91 Å². The summed E-state index contributed by atoms with van der Waals surface area (Å²) in [5.41, 5.74) is 1.28. The summed E-state index contributed by atoms with van der Waals surface area (Å²) in [6.45, 7) is 2.58. The van der Waals surface area contributed by atoms with E-state index < -0.39 is 0 Å². The molecule has 0 unspecified atom stereocenters. The van der Waals surface area contributed by atoms with Crippen LogP contribution in [0.15, 0.2) is 53.5 Å². The Hall–Kier alpha value is -1.48. The second-order valence-electron chi connectivity index (χ2n) is 3.74. The number of amides is 1. The third kappa shape index (κ3) is 5.23. The quantitative estimate of drug-likeness (QED) is 0.484. The second-order valence-corrected chi connectivity index (χ2v) is 4.59. The minimum Gasteiger partial charge on any atom is -0.352 e. The summed E-state index contributed by atoms with van der Waals surface area (Å²) in [6.07, 6.45) is 9.93. The Labute approximate surface area is 113 Å². The molecule has 18 heavy (non-hydrogen) atoms. The van der Waals surface area contributed by atoms with Crippen molar-refractivity contribution in [2.45, 2.75) is 18.2 Å². The number of hydrogen-bond donors (Lipinski definition) is 1. The molecule has 0 heterocycles. The fourth-order valence-electron chi connectivity index (χ4n) is 1.54. The summed E-state index contributed by atoms with van der Waals surface area (Å²) in [5, 5.41) is 2.87. The Bertz CT molecular complexity index is 438. The van der Waals surface area contributed by atoms with Crippen molar-refractivity contribution in [3.63, 3.8) is 0 Å². The number of thioether (sulfide) groups is 1. The molecule has 1 aromatic rings. The predicted octanol–water partition coefficient (Wildman–Crippen LogP) is 3.20. The Balaban J connectivity index is 2.39. The molecule has 0 saturated heterocycles. The zero-order valence-corrected chi connectivity index (χ0v) is 11.7. The maximum Gasteiger partial charge on any atom is 0.243 e. The average Bonchev–Trinajstić information content (AvgIpc) is 2.39. The van der Waals surface area contributed by atoms with Crippen molar-refractivity contribution >= 4 is 17.7 Å². The van der Waals surface area contributed by atoms with Gasteiger partial charge in [-0.25, -0.2) is 0 Å². The third-order valence-electron chi connectivity index (χ3n) is 2.44. The molecule has 1 amide bonds. The first-order valence-corrected chi connectivity index (χ1v) is 7.19. The van der Waals surface area contributed by atoms with Crippen LogP contribution in [0.5, 0.6) is 0 Å². The van der Waals surface area contributed by atoms with Crippen molar-refractivity contribution in [2.24, 2.45) is 0 Å². The highest BCUT2D eigenvalue weighted by atomic mass is 32.2. The van der Waals surface area contributed by atoms with Gasteiger partial charge in [0, 0.05) is 17.5 Å². The maximum absolute atomic E-state index is 11.4. The lowest BCUT2D eigenvalue weighted by atomic mass is 10.1. The van der Waals surface area contributed by atoms with Crippen LogP contribution in [0.1, 0.15) is 12.5 Å². The van der Waals surface area contributed by atoms with Crippen LogP contribution < -0.4 is 5.32 Å². The van der Waals surface area contributed by atoms with E-state index in [1.54, 1.807) is 23.9 Å². The lowest BCUT2D eigenvalue weighted by molar-refractivity contribution is -0.116. The predicted molar refractivity (Wildman–Crippen MR) is 78.9 cm³/mol. The van der Waals surface area contributed by atoms with Crippen LogP contribution in [0.3, 0.4) is 0 Å². The molecule has 0 aliphatic rings. The highest BCUT2D eigenvalue weighted by molar-refractivity contribution is 7.98. The molecule has 0 spiro atoms. The first-order valence-electron chi connectivity index (χ1n) is 5.97. The van der Waals surface area contributed by atoms with Crippen LogP contribution in [0.25, 0.3) is 0 Å². The van der Waals surface area contributed by atoms with Gasteiger partial charge in [-0.2, -0.15) is 0 Å². The van der Waals surface area contributed by atoms with Gasteiger partial charge in [0.25, 0.3) is 0 Å². The molecule has 0 atom stereocenters. The summed E-state index contributed by atoms with van der Waals surface area (Å²) >= 11 is 1.74. The normalized spacial score (nSPS) is 11.2. The average molecular weight is 261 g/mol. The number of hydrogen-bond acceptors (Lipinski definition) is 2. The van der Waals surface area contributed by atoms with Crippen molar-refractivity contribution < 1.29 is 4.79 Å². The van der Waals surface area contributed by atoms with Crippen LogP contribution in [-0.2, 0) is 11.2 Å². The Morgan fingerprint density at radius 1 is 1.33 bits per heavy atom. The van der Waals surface area contributed by atoms with E-state index in [9.17, 15) is 4.79 Å². The van der Waals surface area contributed by atoms with Gasteiger partial charge in [-0.15, -0.1) is 11.8 Å². The third-order valence-corrected chi connectivity index (χ3v) is 3.28. The number of carbonyl (C=O) groups excluding carboxylic acids is 1. The molecule has 1 aromatic carbocycles. The van der Waals surface area contributed by atoms with Crippen molar-refractivity contribution in [2.75, 3.05) is 12.8 Å². The lowest BCUT2D eigenvalue weighted by Crippen LogP contribution is -2.23. The van der Waals surface area contributed by atoms with Gasteiger partial charge in [0.1, 0.15) is 0 Å². The van der Waals surface area contributed by atoms with Crippen molar-refractivity contribution in [1.29, 1.82) is 0 Å². The van der Waals surface area contributed by atoms with Crippen LogP contribution in [-0.4, -0.2) is 18.7 Å². The van der Waals surface area contributed by atoms with Crippen LogP contribution in [0.2, 0.25) is 0 Å². The molecule has 0 aliphatic carbocycles. The minimum atomic E-state index is -0.0465. The molecule has 96 valence electrons. The molecule has 0 bridgehead atoms. The largest absolute Gasteiger partial charge is 0.352 e. The van der Waals surface area contributed by atoms with Crippen molar-refractivity contribution in [3.05, 3.63) is 54.1 Å². The standard InChI is InChI=1S/C15H19NOS/c1-3-4-5-10-15(17)16-12-11-13-8-6-7-9-14(13)18-2/h3-10H,11-12H2,1-2H3,(H,16,17)/b4-3+,10-5+. The molecule has 0 fully saturated rings. The molecular formula is C15H19NOS. The molecule has 0 aromatic heterocycles. The van der Waals surface area contributed by atoms with Gasteiger partial charge in [-0.05, 0) is 31.2 Å². The van der Waals surface area contributed by atoms with Gasteiger partial charge in [-0.3, -0.25) is 4.79 Å². The second kappa shape index (κ2) is 8.59. The zero-order valence-electron chi connectivity index (χ0n) is 10.8. The minimum absolute atomic E-state index is 0.0465. The van der Waals surface area contributed by atoms with Crippen LogP contribution >= 0.6 is 11.8 Å². The fourth-order valence-corrected chi connectivity index (χ4v) is 2.19. The monoisotopic (exact) mass is 261 g/mol. The fraction of sp³-hybridized carbons (Fsp3) is 0.267. The Morgan fingerprint density at radius 3 is 2.83 bits per heavy atom. The summed E-state index contributed by atoms with van der Waals surface area (Å²) in [4.78, 5) is 12.7. The topological polar surface area (TPSA) is 29.1 Å². The van der Waals surface area contributed by atoms with Crippen molar-refractivity contribution in [1.82, 2.24) is 5.32 Å². The molecule has 1 rings (SSSR count). The number of benzene rings is 1. The molecule has 3 heteroatoms. The van der Waals surface area contributed by atoms with E-state index in [0.29, 0.717) is 6.54 Å². The highest BCUT2D eigenvalue weighted by Crippen LogP contribution is 2.19. The molecule has 2 nitrogen and oxygen atoms in total. The number of rotatable bonds is 6. The molecule has 0 saturated carbocycles. The molecule has 1 N–H and O–H groups in total. The van der Waals surface area contributed by atoms with Crippen LogP contribution in [0, 0.1) is 0 Å². The number of carbonyl (C=O) groups is 1. The van der Waals surface area contributed by atoms with Crippen molar-refractivity contribution in [3.8, 4) is 0 Å². The van der Waals surface area contributed by atoms with E-state index in [0.717, 1.165) is 6.42 Å². The van der Waals surface area contributed by atoms with Gasteiger partial charge in [0.15, 0.2) is 0 Å². The SMILES string of the molecule is C/C=C/C=C/C(=O)NCCc1ccccc1SC. The first-order chi connectivity index (χ1) is 8.77. The maximum atomic E-state index is 11.4. The van der Waals surface area contributed by atoms with E-state index in [2.05, 4.69) is 23.7 Å². The zero-order chi connectivity index (χ0) is 13.2. The van der Waals surface area contributed by atoms with Gasteiger partial charge >= 0.3 is 0 Å². The van der Waals surface area contributed by atoms with E-state index in [-0.39, 0.29) is 5.91 Å². The number of nitrogens with one attached hydrogen (secondary N) is 1. The van der Waals surface area contributed by atoms with Gasteiger partial charge in [0.05, 0.1) is 0 Å². The highest BCUT2D eigenvalue weighted by Gasteiger charge is 2.00. The van der Waals surface area contributed by atoms with E-state index in [1.807, 2.05) is 31.2 Å². The number of allylic oxidation sites excluding steroid dienone is 3. The van der Waals surface area contributed by atoms with E-state index in [1.165, 1.54) is 10.5 Å². The van der Waals surface area contributed by atoms with Gasteiger partial charge < -0.3 is 5.32 Å². The smallest absolute Gasteiger partial charge is 0.243 e. The lowest BCUT2D eigenvalue weighted by Gasteiger charge is -2.07. The van der Waals surface area contributed by atoms with E-state index >= 15 is 0 Å². The summed E-state index contributed by atoms with van der Waals surface area (Å²) in [7, 11) is 0. The first kappa shape index (κ1) is 14.6. The molecule has 0 radical (unpaired) electrons. The Kier molecular flexibility index (Phi) is 6.96. The molecular weight excluding hydrogens is 242 g/mol. The summed E-state index contributed by atoms with van der Waals surface area (Å²) < 4.78 is 0. The Morgan fingerprint density at radius 2 is 2.11 bits per heavy atom.